The smallest absolute Gasteiger partial charge is 0.426 e. The van der Waals surface area contributed by atoms with Gasteiger partial charge in [-0.15, -0.1) is 0 Å². The first kappa shape index (κ1) is 13.2. The monoisotopic (exact) mass is 281 g/mol. The number of carbonyl (C=O) groups excluding carboxylic acids is 1. The Hall–Kier alpha value is -2.82. The van der Waals surface area contributed by atoms with Gasteiger partial charge < -0.3 is 4.74 Å². The fraction of sp³-hybridized carbons (Fsp3) is 0.125. The van der Waals surface area contributed by atoms with Crippen LogP contribution in [-0.4, -0.2) is 16.1 Å². The maximum Gasteiger partial charge on any atom is 0.426 e. The number of rotatable bonds is 3. The second-order valence-electron chi connectivity index (χ2n) is 4.66. The van der Waals surface area contributed by atoms with E-state index in [1.165, 1.54) is 0 Å². The van der Waals surface area contributed by atoms with Crippen molar-refractivity contribution in [1.29, 1.82) is 0 Å². The molecule has 0 aliphatic carbocycles. The lowest BCUT2D eigenvalue weighted by atomic mass is 10.1. The lowest BCUT2D eigenvalue weighted by Crippen LogP contribution is -2.39. The lowest BCUT2D eigenvalue weighted by Gasteiger charge is -2.24. The molecule has 0 atom stereocenters. The Morgan fingerprint density at radius 3 is 2.95 bits per heavy atom. The quantitative estimate of drug-likeness (QED) is 0.940. The maximum atomic E-state index is 11.8. The highest BCUT2D eigenvalue weighted by Crippen LogP contribution is 2.15. The number of carbonyl (C=O) groups is 1. The number of nitrogens with zero attached hydrogens (tertiary/aromatic N) is 2. The number of hydrazine groups is 1. The van der Waals surface area contributed by atoms with E-state index < -0.39 is 6.09 Å². The first-order valence-electron chi connectivity index (χ1n) is 6.67. The molecule has 2 aromatic rings. The van der Waals surface area contributed by atoms with E-state index in [4.69, 9.17) is 4.74 Å². The maximum absolute atomic E-state index is 11.8. The van der Waals surface area contributed by atoms with Gasteiger partial charge in [0.25, 0.3) is 0 Å². The highest BCUT2D eigenvalue weighted by molar-refractivity contribution is 5.67. The van der Waals surface area contributed by atoms with Crippen LogP contribution >= 0.6 is 0 Å². The summed E-state index contributed by atoms with van der Waals surface area (Å²) in [6.07, 6.45) is 4.91. The van der Waals surface area contributed by atoms with Gasteiger partial charge >= 0.3 is 6.09 Å². The van der Waals surface area contributed by atoms with Gasteiger partial charge in [-0.25, -0.2) is 10.2 Å². The molecular formula is C16H15N3O2. The third-order valence-corrected chi connectivity index (χ3v) is 3.13. The fourth-order valence-electron chi connectivity index (χ4n) is 2.08. The van der Waals surface area contributed by atoms with Gasteiger partial charge in [0.1, 0.15) is 6.61 Å². The number of amides is 1. The summed E-state index contributed by atoms with van der Waals surface area (Å²) in [7, 11) is 0. The predicted molar refractivity (Wildman–Crippen MR) is 78.6 cm³/mol. The molecule has 1 aromatic carbocycles. The predicted octanol–water partition coefficient (Wildman–Crippen LogP) is 2.71. The lowest BCUT2D eigenvalue weighted by molar-refractivity contribution is 0.113. The summed E-state index contributed by atoms with van der Waals surface area (Å²) in [5.41, 5.74) is 5.63. The molecule has 0 saturated carbocycles. The van der Waals surface area contributed by atoms with E-state index >= 15 is 0 Å². The molecule has 106 valence electrons. The van der Waals surface area contributed by atoms with Crippen LogP contribution in [0.3, 0.4) is 0 Å². The van der Waals surface area contributed by atoms with Crippen LogP contribution in [0.25, 0.3) is 6.08 Å². The molecule has 2 heterocycles. The second-order valence-corrected chi connectivity index (χ2v) is 4.66. The molecular weight excluding hydrogens is 266 g/mol. The summed E-state index contributed by atoms with van der Waals surface area (Å²) >= 11 is 0. The van der Waals surface area contributed by atoms with Crippen molar-refractivity contribution >= 4 is 12.2 Å². The Labute approximate surface area is 122 Å². The van der Waals surface area contributed by atoms with Gasteiger partial charge in [0.05, 0.1) is 12.2 Å². The third kappa shape index (κ3) is 3.39. The molecule has 1 aliphatic heterocycles. The average Bonchev–Trinajstić information content (AvgIpc) is 2.54. The minimum absolute atomic E-state index is 0.252. The Morgan fingerprint density at radius 2 is 2.10 bits per heavy atom. The highest BCUT2D eigenvalue weighted by Gasteiger charge is 2.13. The van der Waals surface area contributed by atoms with Crippen molar-refractivity contribution in [2.45, 2.75) is 13.2 Å². The van der Waals surface area contributed by atoms with Crippen molar-refractivity contribution in [2.75, 3.05) is 0 Å². The zero-order valence-corrected chi connectivity index (χ0v) is 11.4. The van der Waals surface area contributed by atoms with Gasteiger partial charge in [-0.3, -0.25) is 9.99 Å². The van der Waals surface area contributed by atoms with Gasteiger partial charge in [-0.2, -0.15) is 0 Å². The summed E-state index contributed by atoms with van der Waals surface area (Å²) in [5, 5.41) is 1.68. The molecule has 0 fully saturated rings. The summed E-state index contributed by atoms with van der Waals surface area (Å²) in [5.74, 6) is 0. The van der Waals surface area contributed by atoms with E-state index in [-0.39, 0.29) is 6.61 Å². The van der Waals surface area contributed by atoms with Crippen molar-refractivity contribution in [2.24, 2.45) is 0 Å². The van der Waals surface area contributed by atoms with Crippen LogP contribution in [0.4, 0.5) is 4.79 Å². The molecule has 0 unspecified atom stereocenters. The minimum Gasteiger partial charge on any atom is -0.443 e. The van der Waals surface area contributed by atoms with E-state index in [9.17, 15) is 4.79 Å². The van der Waals surface area contributed by atoms with Crippen LogP contribution in [0.2, 0.25) is 0 Å². The van der Waals surface area contributed by atoms with Gasteiger partial charge in [-0.05, 0) is 23.3 Å². The SMILES string of the molecule is O=C(NN1C=Cc2ncccc2C1)OCc1ccccc1. The van der Waals surface area contributed by atoms with Crippen LogP contribution < -0.4 is 5.43 Å². The molecule has 0 saturated heterocycles. The molecule has 0 radical (unpaired) electrons. The number of nitrogens with one attached hydrogen (secondary N) is 1. The second kappa shape index (κ2) is 6.09. The van der Waals surface area contributed by atoms with Crippen molar-refractivity contribution in [1.82, 2.24) is 15.4 Å². The van der Waals surface area contributed by atoms with E-state index in [1.54, 1.807) is 17.4 Å². The molecule has 5 nitrogen and oxygen atoms in total. The fourth-order valence-corrected chi connectivity index (χ4v) is 2.08. The van der Waals surface area contributed by atoms with Gasteiger partial charge in [0.2, 0.25) is 0 Å². The zero-order valence-electron chi connectivity index (χ0n) is 11.4. The largest absolute Gasteiger partial charge is 0.443 e. The number of fused-ring (bicyclic) bond motifs is 1. The van der Waals surface area contributed by atoms with Crippen LogP contribution in [0.5, 0.6) is 0 Å². The minimum atomic E-state index is -0.476. The molecule has 21 heavy (non-hydrogen) atoms. The van der Waals surface area contributed by atoms with E-state index in [0.717, 1.165) is 16.8 Å². The number of aromatic nitrogens is 1. The Morgan fingerprint density at radius 1 is 1.24 bits per heavy atom. The summed E-state index contributed by atoms with van der Waals surface area (Å²) in [6.45, 7) is 0.822. The number of ether oxygens (including phenoxy) is 1. The van der Waals surface area contributed by atoms with Crippen molar-refractivity contribution in [3.05, 3.63) is 71.7 Å². The topological polar surface area (TPSA) is 54.5 Å². The highest BCUT2D eigenvalue weighted by atomic mass is 16.6. The molecule has 1 aromatic heterocycles. The Kier molecular flexibility index (Phi) is 3.82. The van der Waals surface area contributed by atoms with Crippen LogP contribution in [-0.2, 0) is 17.9 Å². The van der Waals surface area contributed by atoms with Gasteiger partial charge in [0.15, 0.2) is 0 Å². The summed E-state index contributed by atoms with van der Waals surface area (Å²) in [4.78, 5) is 16.0. The molecule has 3 rings (SSSR count). The number of pyridine rings is 1. The van der Waals surface area contributed by atoms with Crippen molar-refractivity contribution in [3.63, 3.8) is 0 Å². The Bertz CT molecular complexity index is 656. The van der Waals surface area contributed by atoms with Crippen LogP contribution in [0.15, 0.2) is 54.9 Å². The van der Waals surface area contributed by atoms with Crippen molar-refractivity contribution < 1.29 is 9.53 Å². The number of hydrogen-bond acceptors (Lipinski definition) is 4. The van der Waals surface area contributed by atoms with Gasteiger partial charge in [0, 0.05) is 12.4 Å². The number of benzene rings is 1. The van der Waals surface area contributed by atoms with Gasteiger partial charge in [-0.1, -0.05) is 36.4 Å². The van der Waals surface area contributed by atoms with E-state index in [1.807, 2.05) is 48.5 Å². The standard InChI is InChI=1S/C16H15N3O2/c20-16(21-12-13-5-2-1-3-6-13)18-19-10-8-15-14(11-19)7-4-9-17-15/h1-10H,11-12H2,(H,18,20). The molecule has 1 N–H and O–H groups in total. The van der Waals surface area contributed by atoms with Crippen LogP contribution in [0, 0.1) is 0 Å². The van der Waals surface area contributed by atoms with Crippen LogP contribution in [0.1, 0.15) is 16.8 Å². The zero-order chi connectivity index (χ0) is 14.5. The molecule has 0 bridgehead atoms. The average molecular weight is 281 g/mol. The Balaban J connectivity index is 1.52. The first-order chi connectivity index (χ1) is 10.3. The normalized spacial score (nSPS) is 12.7. The first-order valence-corrected chi connectivity index (χ1v) is 6.67. The third-order valence-electron chi connectivity index (χ3n) is 3.13. The van der Waals surface area contributed by atoms with E-state index in [2.05, 4.69) is 10.4 Å². The molecule has 1 amide bonds. The molecule has 5 heteroatoms. The summed E-state index contributed by atoms with van der Waals surface area (Å²) in [6, 6.07) is 13.4. The summed E-state index contributed by atoms with van der Waals surface area (Å²) < 4.78 is 5.18. The molecule has 1 aliphatic rings. The van der Waals surface area contributed by atoms with E-state index in [0.29, 0.717) is 6.54 Å². The molecule has 0 spiro atoms. The van der Waals surface area contributed by atoms with Crippen molar-refractivity contribution in [3.8, 4) is 0 Å². The number of hydrogen-bond donors (Lipinski definition) is 1.